The average Bonchev–Trinajstić information content (AvgIpc) is 3.02. The van der Waals surface area contributed by atoms with E-state index in [9.17, 15) is 18.0 Å². The fraction of sp³-hybridized carbons (Fsp3) is 0.235. The summed E-state index contributed by atoms with van der Waals surface area (Å²) in [7, 11) is -4.16. The van der Waals surface area contributed by atoms with Crippen molar-refractivity contribution in [2.75, 3.05) is 17.4 Å². The van der Waals surface area contributed by atoms with Gasteiger partial charge in [0.2, 0.25) is 11.8 Å². The smallest absolute Gasteiger partial charge is 0.264 e. The third-order valence-corrected chi connectivity index (χ3v) is 9.45. The maximum Gasteiger partial charge on any atom is 0.264 e. The van der Waals surface area contributed by atoms with Crippen molar-refractivity contribution in [2.45, 2.75) is 44.2 Å². The number of anilines is 1. The van der Waals surface area contributed by atoms with Crippen molar-refractivity contribution in [3.05, 3.63) is 130 Å². The molecule has 0 fully saturated rings. The number of nitrogens with zero attached hydrogens (tertiary/aromatic N) is 2. The van der Waals surface area contributed by atoms with Crippen LogP contribution in [-0.4, -0.2) is 44.3 Å². The number of hydrogen-bond acceptors (Lipinski definition) is 4. The summed E-state index contributed by atoms with van der Waals surface area (Å²) in [5, 5.41) is 3.68. The monoisotopic (exact) mass is 651 g/mol. The molecule has 0 aliphatic heterocycles. The number of halogens is 2. The molecule has 0 heterocycles. The summed E-state index contributed by atoms with van der Waals surface area (Å²) in [4.78, 5) is 29.6. The van der Waals surface area contributed by atoms with Gasteiger partial charge in [-0.3, -0.25) is 13.9 Å². The maximum absolute atomic E-state index is 14.5. The van der Waals surface area contributed by atoms with Gasteiger partial charge in [0, 0.05) is 29.6 Å². The molecule has 0 aliphatic rings. The predicted octanol–water partition coefficient (Wildman–Crippen LogP) is 6.66. The summed E-state index contributed by atoms with van der Waals surface area (Å²) >= 11 is 12.7. The molecule has 0 aromatic heterocycles. The Kier molecular flexibility index (Phi) is 11.4. The third-order valence-electron chi connectivity index (χ3n) is 7.08. The summed E-state index contributed by atoms with van der Waals surface area (Å²) in [5.74, 6) is -0.910. The second-order valence-electron chi connectivity index (χ2n) is 10.4. The van der Waals surface area contributed by atoms with Gasteiger partial charge in [-0.15, -0.1) is 0 Å². The highest BCUT2D eigenvalue weighted by Gasteiger charge is 2.34. The van der Waals surface area contributed by atoms with Crippen LogP contribution in [0.4, 0.5) is 5.69 Å². The average molecular weight is 653 g/mol. The van der Waals surface area contributed by atoms with Crippen LogP contribution in [0.5, 0.6) is 0 Å². The van der Waals surface area contributed by atoms with E-state index in [1.165, 1.54) is 17.0 Å². The van der Waals surface area contributed by atoms with E-state index in [1.54, 1.807) is 54.6 Å². The third kappa shape index (κ3) is 8.40. The summed E-state index contributed by atoms with van der Waals surface area (Å²) in [5.41, 5.74) is 2.58. The van der Waals surface area contributed by atoms with Crippen LogP contribution in [0.25, 0.3) is 0 Å². The van der Waals surface area contributed by atoms with Crippen molar-refractivity contribution in [1.29, 1.82) is 0 Å². The van der Waals surface area contributed by atoms with E-state index in [-0.39, 0.29) is 23.8 Å². The van der Waals surface area contributed by atoms with Crippen LogP contribution in [0, 0.1) is 6.92 Å². The van der Waals surface area contributed by atoms with Crippen LogP contribution >= 0.6 is 23.2 Å². The second-order valence-corrected chi connectivity index (χ2v) is 13.1. The van der Waals surface area contributed by atoms with E-state index in [0.717, 1.165) is 15.4 Å². The van der Waals surface area contributed by atoms with E-state index < -0.39 is 28.5 Å². The first-order valence-electron chi connectivity index (χ1n) is 14.3. The Morgan fingerprint density at radius 2 is 1.55 bits per heavy atom. The molecule has 0 spiro atoms. The molecule has 0 radical (unpaired) electrons. The van der Waals surface area contributed by atoms with Gasteiger partial charge in [-0.05, 0) is 66.4 Å². The number of carbonyl (C=O) groups is 2. The molecule has 0 bridgehead atoms. The lowest BCUT2D eigenvalue weighted by atomic mass is 10.0. The van der Waals surface area contributed by atoms with Crippen LogP contribution in [0.2, 0.25) is 10.0 Å². The second kappa shape index (κ2) is 15.2. The van der Waals surface area contributed by atoms with E-state index in [1.807, 2.05) is 50.2 Å². The number of carbonyl (C=O) groups excluding carboxylic acids is 2. The Morgan fingerprint density at radius 1 is 0.864 bits per heavy atom. The number of nitrogens with one attached hydrogen (secondary N) is 1. The van der Waals surface area contributed by atoms with E-state index in [4.69, 9.17) is 23.2 Å². The predicted molar refractivity (Wildman–Crippen MR) is 176 cm³/mol. The number of hydrogen-bond donors (Lipinski definition) is 1. The molecule has 1 N–H and O–H groups in total. The largest absolute Gasteiger partial charge is 0.354 e. The SMILES string of the molecule is CCCNC(=O)[C@H](Cc1ccccc1)N(Cc1ccc(Cl)cc1Cl)C(=O)CN(c1cccc(C)c1)S(=O)(=O)c1ccccc1. The normalized spacial score (nSPS) is 11.9. The standard InChI is InChI=1S/C34H35Cl2N3O4S/c1-3-19-37-34(41)32(21-26-12-6-4-7-13-26)38(23-27-17-18-28(35)22-31(27)36)33(40)24-39(29-14-10-11-25(2)20-29)44(42,43)30-15-8-5-9-16-30/h4-18,20,22,32H,3,19,21,23-24H2,1-2H3,(H,37,41)/t32-/m0/s1. The van der Waals surface area contributed by atoms with Gasteiger partial charge in [-0.2, -0.15) is 0 Å². The van der Waals surface area contributed by atoms with Crippen molar-refractivity contribution < 1.29 is 18.0 Å². The van der Waals surface area contributed by atoms with Gasteiger partial charge in [0.1, 0.15) is 12.6 Å². The molecule has 0 saturated heterocycles. The Labute approximate surface area is 269 Å². The number of rotatable bonds is 13. The summed E-state index contributed by atoms with van der Waals surface area (Å²) in [6.45, 7) is 3.63. The van der Waals surface area contributed by atoms with Crippen LogP contribution in [0.15, 0.2) is 108 Å². The first-order valence-corrected chi connectivity index (χ1v) is 16.5. The highest BCUT2D eigenvalue weighted by Crippen LogP contribution is 2.27. The molecular weight excluding hydrogens is 617 g/mol. The van der Waals surface area contributed by atoms with Crippen molar-refractivity contribution in [3.63, 3.8) is 0 Å². The Morgan fingerprint density at radius 3 is 2.18 bits per heavy atom. The zero-order valence-electron chi connectivity index (χ0n) is 24.6. The van der Waals surface area contributed by atoms with Gasteiger partial charge in [0.15, 0.2) is 0 Å². The quantitative estimate of drug-likeness (QED) is 0.175. The molecule has 1 atom stereocenters. The van der Waals surface area contributed by atoms with Gasteiger partial charge in [0.25, 0.3) is 10.0 Å². The van der Waals surface area contributed by atoms with Crippen molar-refractivity contribution in [1.82, 2.24) is 10.2 Å². The lowest BCUT2D eigenvalue weighted by Crippen LogP contribution is -2.53. The van der Waals surface area contributed by atoms with E-state index >= 15 is 0 Å². The number of aryl methyl sites for hydroxylation is 1. The minimum absolute atomic E-state index is 0.0427. The van der Waals surface area contributed by atoms with Crippen molar-refractivity contribution >= 4 is 50.7 Å². The van der Waals surface area contributed by atoms with E-state index in [0.29, 0.717) is 34.3 Å². The molecule has 44 heavy (non-hydrogen) atoms. The van der Waals surface area contributed by atoms with Gasteiger partial charge < -0.3 is 10.2 Å². The Bertz CT molecular complexity index is 1690. The molecule has 2 amide bonds. The molecule has 7 nitrogen and oxygen atoms in total. The lowest BCUT2D eigenvalue weighted by molar-refractivity contribution is -0.140. The molecule has 10 heteroatoms. The Hall–Kier alpha value is -3.85. The van der Waals surface area contributed by atoms with Crippen LogP contribution in [-0.2, 0) is 32.6 Å². The van der Waals surface area contributed by atoms with Crippen LogP contribution < -0.4 is 9.62 Å². The first kappa shape index (κ1) is 33.1. The summed E-state index contributed by atoms with van der Waals surface area (Å²) in [6.07, 6.45) is 0.917. The highest BCUT2D eigenvalue weighted by molar-refractivity contribution is 7.92. The molecule has 4 aromatic carbocycles. The summed E-state index contributed by atoms with van der Waals surface area (Å²) < 4.78 is 29.2. The van der Waals surface area contributed by atoms with Crippen LogP contribution in [0.1, 0.15) is 30.0 Å². The van der Waals surface area contributed by atoms with Crippen molar-refractivity contribution in [3.8, 4) is 0 Å². The highest BCUT2D eigenvalue weighted by atomic mass is 35.5. The molecular formula is C34H35Cl2N3O4S. The topological polar surface area (TPSA) is 86.8 Å². The molecule has 4 rings (SSSR count). The summed E-state index contributed by atoms with van der Waals surface area (Å²) in [6, 6.07) is 28.3. The minimum atomic E-state index is -4.16. The lowest BCUT2D eigenvalue weighted by Gasteiger charge is -2.34. The fourth-order valence-corrected chi connectivity index (χ4v) is 6.68. The van der Waals surface area contributed by atoms with Gasteiger partial charge in [-0.25, -0.2) is 8.42 Å². The minimum Gasteiger partial charge on any atom is -0.354 e. The molecule has 230 valence electrons. The van der Waals surface area contributed by atoms with Gasteiger partial charge in [0.05, 0.1) is 10.6 Å². The number of amides is 2. The van der Waals surface area contributed by atoms with Crippen molar-refractivity contribution in [2.24, 2.45) is 0 Å². The van der Waals surface area contributed by atoms with Gasteiger partial charge in [-0.1, -0.05) is 96.9 Å². The van der Waals surface area contributed by atoms with Crippen LogP contribution in [0.3, 0.4) is 0 Å². The molecule has 0 saturated carbocycles. The molecule has 0 unspecified atom stereocenters. The van der Waals surface area contributed by atoms with E-state index in [2.05, 4.69) is 5.32 Å². The number of benzene rings is 4. The molecule has 0 aliphatic carbocycles. The van der Waals surface area contributed by atoms with Gasteiger partial charge >= 0.3 is 0 Å². The first-order chi connectivity index (χ1) is 21.1. The Balaban J connectivity index is 1.81. The molecule has 4 aromatic rings. The fourth-order valence-electron chi connectivity index (χ4n) is 4.78. The zero-order valence-corrected chi connectivity index (χ0v) is 26.9. The zero-order chi connectivity index (χ0) is 31.7. The number of sulfonamides is 1. The maximum atomic E-state index is 14.5.